The number of Topliss-reactive ketones (excluding diaryl/α,β-unsaturated/α-hetero) is 1. The van der Waals surface area contributed by atoms with E-state index in [1.165, 1.54) is 11.1 Å². The molecule has 6 rings (SSSR count). The van der Waals surface area contributed by atoms with Crippen molar-refractivity contribution in [3.63, 3.8) is 0 Å². The Bertz CT molecular complexity index is 1050. The highest BCUT2D eigenvalue weighted by molar-refractivity contribution is 6.05. The van der Waals surface area contributed by atoms with Crippen LogP contribution >= 0.6 is 0 Å². The van der Waals surface area contributed by atoms with Crippen molar-refractivity contribution < 1.29 is 23.5 Å². The van der Waals surface area contributed by atoms with E-state index in [0.29, 0.717) is 25.9 Å². The van der Waals surface area contributed by atoms with E-state index in [9.17, 15) is 9.59 Å². The van der Waals surface area contributed by atoms with Gasteiger partial charge in [-0.3, -0.25) is 9.59 Å². The first-order valence-electron chi connectivity index (χ1n) is 12.2. The molecule has 2 saturated heterocycles. The fourth-order valence-corrected chi connectivity index (χ4v) is 6.78. The summed E-state index contributed by atoms with van der Waals surface area (Å²) in [5.41, 5.74) is 2.31. The van der Waals surface area contributed by atoms with Crippen molar-refractivity contribution in [2.45, 2.75) is 70.4 Å². The van der Waals surface area contributed by atoms with Crippen LogP contribution < -0.4 is 10.1 Å². The summed E-state index contributed by atoms with van der Waals surface area (Å²) in [6.45, 7) is 7.02. The molecule has 4 unspecified atom stereocenters. The number of furan rings is 1. The summed E-state index contributed by atoms with van der Waals surface area (Å²) in [5, 5.41) is 3.73. The van der Waals surface area contributed by atoms with E-state index in [2.05, 4.69) is 24.4 Å². The van der Waals surface area contributed by atoms with Gasteiger partial charge in [0.25, 0.3) is 0 Å². The number of piperidine rings is 2. The van der Waals surface area contributed by atoms with Crippen LogP contribution in [0.25, 0.3) is 0 Å². The summed E-state index contributed by atoms with van der Waals surface area (Å²) < 4.78 is 16.6. The van der Waals surface area contributed by atoms with Crippen molar-refractivity contribution >= 4 is 11.8 Å². The van der Waals surface area contributed by atoms with Crippen molar-refractivity contribution in [2.24, 2.45) is 11.3 Å². The van der Waals surface area contributed by atoms with Gasteiger partial charge in [0, 0.05) is 18.5 Å². The van der Waals surface area contributed by atoms with Crippen LogP contribution in [0.4, 0.5) is 0 Å². The number of ether oxygens (including phenoxy) is 2. The number of fused-ring (bicyclic) bond motifs is 2. The van der Waals surface area contributed by atoms with Crippen molar-refractivity contribution in [1.29, 1.82) is 0 Å². The molecular formula is C27H33NO5. The lowest BCUT2D eigenvalue weighted by atomic mass is 9.46. The Labute approximate surface area is 195 Å². The third-order valence-corrected chi connectivity index (χ3v) is 8.31. The molecule has 2 aromatic rings. The van der Waals surface area contributed by atoms with E-state index >= 15 is 0 Å². The van der Waals surface area contributed by atoms with Gasteiger partial charge in [0.1, 0.15) is 11.2 Å². The summed E-state index contributed by atoms with van der Waals surface area (Å²) >= 11 is 0. The third-order valence-electron chi connectivity index (χ3n) is 8.31. The van der Waals surface area contributed by atoms with Crippen molar-refractivity contribution in [1.82, 2.24) is 5.32 Å². The van der Waals surface area contributed by atoms with Crippen LogP contribution in [0, 0.1) is 11.3 Å². The van der Waals surface area contributed by atoms with Crippen LogP contribution in [0.2, 0.25) is 0 Å². The molecule has 3 heterocycles. The van der Waals surface area contributed by atoms with Crippen molar-refractivity contribution in [3.8, 4) is 5.75 Å². The minimum absolute atomic E-state index is 0.0194. The summed E-state index contributed by atoms with van der Waals surface area (Å²) in [6.07, 6.45) is 6.25. The number of carbonyl (C=O) groups excluding carboxylic acids is 2. The highest BCUT2D eigenvalue weighted by Crippen LogP contribution is 2.60. The first-order chi connectivity index (χ1) is 15.9. The molecule has 33 heavy (non-hydrogen) atoms. The van der Waals surface area contributed by atoms with Crippen LogP contribution in [0.15, 0.2) is 41.2 Å². The Hall–Kier alpha value is -2.60. The van der Waals surface area contributed by atoms with E-state index in [-0.39, 0.29) is 41.8 Å². The van der Waals surface area contributed by atoms with Gasteiger partial charge in [0.15, 0.2) is 5.78 Å². The SMILES string of the molecule is CCOC(=O)C1(C(=O)CCc2ccoc2)CC2C3Cc4c(OCC)cccc4[C@@]2(C)CC1N3. The average molecular weight is 452 g/mol. The predicted octanol–water partition coefficient (Wildman–Crippen LogP) is 3.99. The minimum Gasteiger partial charge on any atom is -0.494 e. The molecule has 4 bridgehead atoms. The van der Waals surface area contributed by atoms with Crippen LogP contribution in [0.1, 0.15) is 56.7 Å². The highest BCUT2D eigenvalue weighted by atomic mass is 16.5. The molecule has 6 heteroatoms. The van der Waals surface area contributed by atoms with Gasteiger partial charge in [0.2, 0.25) is 0 Å². The average Bonchev–Trinajstić information content (AvgIpc) is 3.32. The van der Waals surface area contributed by atoms with Gasteiger partial charge in [-0.25, -0.2) is 0 Å². The molecule has 2 aliphatic heterocycles. The van der Waals surface area contributed by atoms with Crippen LogP contribution in [-0.2, 0) is 32.6 Å². The number of rotatable bonds is 8. The molecule has 6 nitrogen and oxygen atoms in total. The van der Waals surface area contributed by atoms with E-state index in [0.717, 1.165) is 24.2 Å². The van der Waals surface area contributed by atoms with Crippen LogP contribution in [0.5, 0.6) is 5.75 Å². The molecule has 4 aliphatic rings. The van der Waals surface area contributed by atoms with Gasteiger partial charge in [-0.15, -0.1) is 0 Å². The minimum atomic E-state index is -1.13. The van der Waals surface area contributed by atoms with Gasteiger partial charge in [-0.1, -0.05) is 19.1 Å². The fourth-order valence-electron chi connectivity index (χ4n) is 6.78. The number of ketones is 1. The van der Waals surface area contributed by atoms with Gasteiger partial charge in [0.05, 0.1) is 25.7 Å². The Kier molecular flexibility index (Phi) is 5.60. The Morgan fingerprint density at radius 2 is 2.03 bits per heavy atom. The Morgan fingerprint density at radius 3 is 2.73 bits per heavy atom. The number of nitrogens with one attached hydrogen (secondary N) is 1. The molecule has 0 amide bonds. The maximum atomic E-state index is 13.7. The number of aryl methyl sites for hydroxylation is 1. The number of esters is 1. The summed E-state index contributed by atoms with van der Waals surface area (Å²) in [5.74, 6) is 0.746. The van der Waals surface area contributed by atoms with Gasteiger partial charge >= 0.3 is 5.97 Å². The standard InChI is InChI=1S/C27H33NO5/c1-4-32-22-8-6-7-19-18(22)13-21-20-14-27(25(30)33-5-2,23(28-21)15-26(19,20)3)24(29)10-9-17-11-12-31-16-17/h6-8,11-12,16,20-21,23,28H,4-5,9-10,13-15H2,1-3H3/t20?,21?,23?,26-,27?/m1/s1. The fraction of sp³-hybridized carbons (Fsp3) is 0.556. The lowest BCUT2D eigenvalue weighted by Gasteiger charge is -2.63. The highest BCUT2D eigenvalue weighted by Gasteiger charge is 2.67. The van der Waals surface area contributed by atoms with Crippen molar-refractivity contribution in [3.05, 3.63) is 53.5 Å². The first-order valence-corrected chi connectivity index (χ1v) is 12.2. The number of hydrogen-bond donors (Lipinski definition) is 1. The van der Waals surface area contributed by atoms with E-state index in [1.807, 2.05) is 19.1 Å². The molecule has 0 radical (unpaired) electrons. The summed E-state index contributed by atoms with van der Waals surface area (Å²) in [4.78, 5) is 27.1. The Balaban J connectivity index is 1.49. The molecule has 176 valence electrons. The molecular weight excluding hydrogens is 418 g/mol. The molecule has 2 aliphatic carbocycles. The van der Waals surface area contributed by atoms with E-state index in [4.69, 9.17) is 13.9 Å². The topological polar surface area (TPSA) is 77.8 Å². The normalized spacial score (nSPS) is 31.7. The smallest absolute Gasteiger partial charge is 0.321 e. The molecule has 1 aromatic heterocycles. The summed E-state index contributed by atoms with van der Waals surface area (Å²) in [7, 11) is 0. The summed E-state index contributed by atoms with van der Waals surface area (Å²) in [6, 6.07) is 8.17. The maximum Gasteiger partial charge on any atom is 0.321 e. The lowest BCUT2D eigenvalue weighted by molar-refractivity contribution is -0.174. The second-order valence-corrected chi connectivity index (χ2v) is 9.92. The third kappa shape index (κ3) is 3.33. The molecule has 1 aromatic carbocycles. The zero-order chi connectivity index (χ0) is 23.2. The predicted molar refractivity (Wildman–Crippen MR) is 123 cm³/mol. The van der Waals surface area contributed by atoms with Gasteiger partial charge < -0.3 is 19.2 Å². The zero-order valence-electron chi connectivity index (χ0n) is 19.7. The van der Waals surface area contributed by atoms with Crippen LogP contribution in [0.3, 0.4) is 0 Å². The molecule has 0 spiro atoms. The zero-order valence-corrected chi connectivity index (χ0v) is 19.7. The number of carbonyl (C=O) groups is 2. The second kappa shape index (κ2) is 8.32. The van der Waals surface area contributed by atoms with Gasteiger partial charge in [-0.2, -0.15) is 0 Å². The van der Waals surface area contributed by atoms with Crippen LogP contribution in [-0.4, -0.2) is 37.0 Å². The largest absolute Gasteiger partial charge is 0.494 e. The monoisotopic (exact) mass is 451 g/mol. The van der Waals surface area contributed by atoms with Gasteiger partial charge in [-0.05, 0) is 79.7 Å². The quantitative estimate of drug-likeness (QED) is 0.483. The molecule has 1 saturated carbocycles. The Morgan fingerprint density at radius 1 is 1.18 bits per heavy atom. The molecule has 3 fully saturated rings. The van der Waals surface area contributed by atoms with Crippen molar-refractivity contribution in [2.75, 3.05) is 13.2 Å². The number of benzene rings is 1. The molecule has 5 atom stereocenters. The van der Waals surface area contributed by atoms with E-state index in [1.54, 1.807) is 19.5 Å². The van der Waals surface area contributed by atoms with E-state index < -0.39 is 5.41 Å². The molecule has 1 N–H and O–H groups in total. The lowest BCUT2D eigenvalue weighted by Crippen LogP contribution is -2.74. The first kappa shape index (κ1) is 22.2. The second-order valence-electron chi connectivity index (χ2n) is 9.92. The number of hydrogen-bond acceptors (Lipinski definition) is 6. The maximum absolute atomic E-state index is 13.7.